The maximum atomic E-state index is 13.1. The molecule has 0 aliphatic carbocycles. The third-order valence-electron chi connectivity index (χ3n) is 2.14. The van der Waals surface area contributed by atoms with Crippen molar-refractivity contribution >= 4 is 17.2 Å². The zero-order chi connectivity index (χ0) is 11.5. The molecule has 16 heavy (non-hydrogen) atoms. The summed E-state index contributed by atoms with van der Waals surface area (Å²) in [5.41, 5.74) is 7.74. The molecule has 0 saturated carbocycles. The molecule has 3 N–H and O–H groups in total. The summed E-state index contributed by atoms with van der Waals surface area (Å²) in [7, 11) is 0. The molecular weight excluding hydrogens is 205 g/mol. The molecule has 2 aromatic rings. The van der Waals surface area contributed by atoms with E-state index in [4.69, 9.17) is 5.73 Å². The van der Waals surface area contributed by atoms with Gasteiger partial charge in [0.25, 0.3) is 0 Å². The number of nitrogens with zero attached hydrogens (tertiary/aromatic N) is 1. The van der Waals surface area contributed by atoms with Crippen molar-refractivity contribution in [2.24, 2.45) is 0 Å². The van der Waals surface area contributed by atoms with E-state index in [9.17, 15) is 4.39 Å². The molecule has 0 atom stereocenters. The molecule has 82 valence electrons. The standard InChI is InChI=1S/C12H12FN3/c1-8-5-9(13)7-10(6-8)16-12-11(14)3-2-4-15-12/h2-7H,14H2,1H3,(H,15,16). The summed E-state index contributed by atoms with van der Waals surface area (Å²) in [5, 5.41) is 2.98. The average Bonchev–Trinajstić information content (AvgIpc) is 2.20. The van der Waals surface area contributed by atoms with Crippen LogP contribution in [0, 0.1) is 12.7 Å². The van der Waals surface area contributed by atoms with Crippen LogP contribution < -0.4 is 11.1 Å². The summed E-state index contributed by atoms with van der Waals surface area (Å²) >= 11 is 0. The maximum absolute atomic E-state index is 13.1. The van der Waals surface area contributed by atoms with Gasteiger partial charge in [0, 0.05) is 11.9 Å². The first kappa shape index (κ1) is 10.4. The van der Waals surface area contributed by atoms with Crippen molar-refractivity contribution in [2.75, 3.05) is 11.1 Å². The third-order valence-corrected chi connectivity index (χ3v) is 2.14. The summed E-state index contributed by atoms with van der Waals surface area (Å²) in [4.78, 5) is 4.07. The van der Waals surface area contributed by atoms with Crippen LogP contribution in [0.1, 0.15) is 5.56 Å². The molecule has 1 aromatic carbocycles. The minimum absolute atomic E-state index is 0.281. The van der Waals surface area contributed by atoms with E-state index in [1.165, 1.54) is 12.1 Å². The van der Waals surface area contributed by atoms with Crippen LogP contribution in [-0.4, -0.2) is 4.98 Å². The molecule has 0 unspecified atom stereocenters. The van der Waals surface area contributed by atoms with Crippen LogP contribution in [-0.2, 0) is 0 Å². The molecule has 0 amide bonds. The second kappa shape index (κ2) is 4.18. The van der Waals surface area contributed by atoms with Crippen molar-refractivity contribution in [3.63, 3.8) is 0 Å². The average molecular weight is 217 g/mol. The van der Waals surface area contributed by atoms with Gasteiger partial charge in [-0.3, -0.25) is 0 Å². The molecule has 0 spiro atoms. The lowest BCUT2D eigenvalue weighted by Gasteiger charge is -2.08. The monoisotopic (exact) mass is 217 g/mol. The number of nitrogen functional groups attached to an aromatic ring is 1. The summed E-state index contributed by atoms with van der Waals surface area (Å²) in [6, 6.07) is 8.18. The number of nitrogens with two attached hydrogens (primary N) is 1. The summed E-state index contributed by atoms with van der Waals surface area (Å²) in [6.07, 6.45) is 1.63. The van der Waals surface area contributed by atoms with Crippen molar-refractivity contribution in [1.82, 2.24) is 4.98 Å². The first-order chi connectivity index (χ1) is 7.65. The van der Waals surface area contributed by atoms with Crippen molar-refractivity contribution in [1.29, 1.82) is 0 Å². The predicted octanol–water partition coefficient (Wildman–Crippen LogP) is 2.85. The lowest BCUT2D eigenvalue weighted by molar-refractivity contribution is 0.627. The van der Waals surface area contributed by atoms with E-state index in [-0.39, 0.29) is 5.82 Å². The Morgan fingerprint density at radius 1 is 1.31 bits per heavy atom. The van der Waals surface area contributed by atoms with E-state index in [1.54, 1.807) is 18.3 Å². The van der Waals surface area contributed by atoms with Gasteiger partial charge in [-0.15, -0.1) is 0 Å². The molecule has 2 rings (SSSR count). The molecule has 1 aromatic heterocycles. The Hall–Kier alpha value is -2.10. The number of anilines is 3. The Balaban J connectivity index is 2.30. The van der Waals surface area contributed by atoms with Gasteiger partial charge in [0.2, 0.25) is 0 Å². The van der Waals surface area contributed by atoms with E-state index in [2.05, 4.69) is 10.3 Å². The highest BCUT2D eigenvalue weighted by molar-refractivity contribution is 5.68. The third kappa shape index (κ3) is 2.28. The van der Waals surface area contributed by atoms with Gasteiger partial charge in [0.15, 0.2) is 5.82 Å². The van der Waals surface area contributed by atoms with Crippen molar-refractivity contribution < 1.29 is 4.39 Å². The van der Waals surface area contributed by atoms with E-state index < -0.39 is 0 Å². The van der Waals surface area contributed by atoms with Crippen LogP contribution in [0.2, 0.25) is 0 Å². The van der Waals surface area contributed by atoms with Gasteiger partial charge in [0.05, 0.1) is 5.69 Å². The van der Waals surface area contributed by atoms with Crippen LogP contribution in [0.3, 0.4) is 0 Å². The molecule has 0 saturated heterocycles. The fourth-order valence-electron chi connectivity index (χ4n) is 1.47. The molecule has 0 aliphatic rings. The van der Waals surface area contributed by atoms with Crippen LogP contribution in [0.4, 0.5) is 21.6 Å². The number of pyridine rings is 1. The second-order valence-electron chi connectivity index (χ2n) is 3.58. The Morgan fingerprint density at radius 2 is 2.12 bits per heavy atom. The Bertz CT molecular complexity index is 491. The van der Waals surface area contributed by atoms with Gasteiger partial charge in [-0.25, -0.2) is 9.37 Å². The van der Waals surface area contributed by atoms with E-state index in [1.807, 2.05) is 13.0 Å². The van der Waals surface area contributed by atoms with Gasteiger partial charge in [0.1, 0.15) is 5.82 Å². The minimum atomic E-state index is -0.281. The van der Waals surface area contributed by atoms with Crippen molar-refractivity contribution in [3.05, 3.63) is 47.9 Å². The predicted molar refractivity (Wildman–Crippen MR) is 63.1 cm³/mol. The molecule has 0 radical (unpaired) electrons. The number of aryl methyl sites for hydroxylation is 1. The molecule has 0 bridgehead atoms. The van der Waals surface area contributed by atoms with E-state index >= 15 is 0 Å². The van der Waals surface area contributed by atoms with Crippen molar-refractivity contribution in [2.45, 2.75) is 6.92 Å². The highest BCUT2D eigenvalue weighted by atomic mass is 19.1. The second-order valence-corrected chi connectivity index (χ2v) is 3.58. The number of aromatic nitrogens is 1. The fraction of sp³-hybridized carbons (Fsp3) is 0.0833. The number of hydrogen-bond acceptors (Lipinski definition) is 3. The highest BCUT2D eigenvalue weighted by Crippen LogP contribution is 2.21. The first-order valence-corrected chi connectivity index (χ1v) is 4.90. The zero-order valence-electron chi connectivity index (χ0n) is 8.87. The van der Waals surface area contributed by atoms with Gasteiger partial charge >= 0.3 is 0 Å². The smallest absolute Gasteiger partial charge is 0.153 e. The maximum Gasteiger partial charge on any atom is 0.153 e. The number of rotatable bonds is 2. The molecule has 3 nitrogen and oxygen atoms in total. The fourth-order valence-corrected chi connectivity index (χ4v) is 1.47. The Kier molecular flexibility index (Phi) is 2.72. The largest absolute Gasteiger partial charge is 0.396 e. The molecular formula is C12H12FN3. The quantitative estimate of drug-likeness (QED) is 0.813. The van der Waals surface area contributed by atoms with Gasteiger partial charge < -0.3 is 11.1 Å². The molecule has 4 heteroatoms. The molecule has 1 heterocycles. The highest BCUT2D eigenvalue weighted by Gasteiger charge is 2.02. The van der Waals surface area contributed by atoms with Crippen LogP contribution >= 0.6 is 0 Å². The Labute approximate surface area is 93.1 Å². The first-order valence-electron chi connectivity index (χ1n) is 4.90. The normalized spacial score (nSPS) is 10.1. The molecule has 0 fully saturated rings. The molecule has 0 aliphatic heterocycles. The van der Waals surface area contributed by atoms with Gasteiger partial charge in [-0.1, -0.05) is 0 Å². The Morgan fingerprint density at radius 3 is 2.81 bits per heavy atom. The van der Waals surface area contributed by atoms with Gasteiger partial charge in [-0.2, -0.15) is 0 Å². The van der Waals surface area contributed by atoms with Crippen LogP contribution in [0.25, 0.3) is 0 Å². The number of hydrogen-bond donors (Lipinski definition) is 2. The van der Waals surface area contributed by atoms with Crippen molar-refractivity contribution in [3.8, 4) is 0 Å². The lowest BCUT2D eigenvalue weighted by atomic mass is 10.2. The number of halogens is 1. The minimum Gasteiger partial charge on any atom is -0.396 e. The van der Waals surface area contributed by atoms with Crippen LogP contribution in [0.5, 0.6) is 0 Å². The SMILES string of the molecule is Cc1cc(F)cc(Nc2ncccc2N)c1. The topological polar surface area (TPSA) is 50.9 Å². The lowest BCUT2D eigenvalue weighted by Crippen LogP contribution is -1.99. The number of benzene rings is 1. The van der Waals surface area contributed by atoms with E-state index in [0.29, 0.717) is 17.2 Å². The van der Waals surface area contributed by atoms with Crippen LogP contribution in [0.15, 0.2) is 36.5 Å². The van der Waals surface area contributed by atoms with Gasteiger partial charge in [-0.05, 0) is 42.8 Å². The summed E-state index contributed by atoms with van der Waals surface area (Å²) < 4.78 is 13.1. The summed E-state index contributed by atoms with van der Waals surface area (Å²) in [5.74, 6) is 0.254. The number of nitrogens with one attached hydrogen (secondary N) is 1. The zero-order valence-corrected chi connectivity index (χ0v) is 8.87. The van der Waals surface area contributed by atoms with E-state index in [0.717, 1.165) is 5.56 Å². The summed E-state index contributed by atoms with van der Waals surface area (Å²) in [6.45, 7) is 1.83.